The van der Waals surface area contributed by atoms with E-state index in [9.17, 15) is 0 Å². The van der Waals surface area contributed by atoms with Crippen LogP contribution in [0.5, 0.6) is 0 Å². The maximum absolute atomic E-state index is 6.00. The van der Waals surface area contributed by atoms with E-state index in [0.717, 1.165) is 29.4 Å². The molecule has 0 bridgehead atoms. The second-order valence-corrected chi connectivity index (χ2v) is 6.14. The van der Waals surface area contributed by atoms with Crippen molar-refractivity contribution in [2.75, 3.05) is 12.3 Å². The van der Waals surface area contributed by atoms with Crippen LogP contribution in [0.25, 0.3) is 0 Å². The van der Waals surface area contributed by atoms with E-state index in [1.807, 2.05) is 31.4 Å². The first-order valence-corrected chi connectivity index (χ1v) is 8.00. The zero-order valence-corrected chi connectivity index (χ0v) is 13.3. The van der Waals surface area contributed by atoms with Gasteiger partial charge in [0.15, 0.2) is 0 Å². The van der Waals surface area contributed by atoms with Gasteiger partial charge in [0.05, 0.1) is 5.69 Å². The van der Waals surface area contributed by atoms with Crippen LogP contribution in [0, 0.1) is 0 Å². The molecule has 108 valence electrons. The summed E-state index contributed by atoms with van der Waals surface area (Å²) < 4.78 is 1.74. The number of thioether (sulfide) groups is 1. The van der Waals surface area contributed by atoms with E-state index in [4.69, 9.17) is 11.6 Å². The van der Waals surface area contributed by atoms with E-state index in [1.54, 1.807) is 16.4 Å². The third-order valence-electron chi connectivity index (χ3n) is 2.85. The van der Waals surface area contributed by atoms with Crippen molar-refractivity contribution in [1.82, 2.24) is 20.3 Å². The van der Waals surface area contributed by atoms with Crippen LogP contribution in [-0.2, 0) is 13.5 Å². The van der Waals surface area contributed by atoms with Crippen LogP contribution in [-0.4, -0.2) is 33.3 Å². The smallest absolute Gasteiger partial charge is 0.0842 e. The molecule has 6 heteroatoms. The Morgan fingerprint density at radius 2 is 2.30 bits per heavy atom. The molecule has 0 aliphatic carbocycles. The molecule has 0 amide bonds. The Kier molecular flexibility index (Phi) is 5.88. The minimum absolute atomic E-state index is 0.376. The molecule has 1 N–H and O–H groups in total. The van der Waals surface area contributed by atoms with Gasteiger partial charge in [-0.3, -0.25) is 4.68 Å². The van der Waals surface area contributed by atoms with Gasteiger partial charge in [-0.25, -0.2) is 0 Å². The molecule has 0 spiro atoms. The van der Waals surface area contributed by atoms with Gasteiger partial charge in [-0.05, 0) is 24.7 Å². The monoisotopic (exact) mass is 310 g/mol. The highest BCUT2D eigenvalue weighted by atomic mass is 35.5. The molecule has 1 heterocycles. The van der Waals surface area contributed by atoms with Crippen LogP contribution < -0.4 is 5.32 Å². The van der Waals surface area contributed by atoms with Crippen molar-refractivity contribution in [2.24, 2.45) is 7.05 Å². The van der Waals surface area contributed by atoms with E-state index in [0.29, 0.717) is 6.04 Å². The molecule has 0 fully saturated rings. The van der Waals surface area contributed by atoms with Gasteiger partial charge in [-0.2, -0.15) is 0 Å². The summed E-state index contributed by atoms with van der Waals surface area (Å²) in [4.78, 5) is 1.19. The van der Waals surface area contributed by atoms with Crippen LogP contribution in [0.3, 0.4) is 0 Å². The molecule has 1 aromatic carbocycles. The van der Waals surface area contributed by atoms with Crippen LogP contribution in [0.4, 0.5) is 0 Å². The molecular formula is C14H19ClN4S. The van der Waals surface area contributed by atoms with Crippen LogP contribution >= 0.6 is 23.4 Å². The minimum atomic E-state index is 0.376. The zero-order valence-electron chi connectivity index (χ0n) is 11.7. The molecule has 0 radical (unpaired) electrons. The SMILES string of the molecule is CCNC(CSc1cccc(Cl)c1)Cc1cn(C)nn1. The van der Waals surface area contributed by atoms with Gasteiger partial charge in [-0.15, -0.1) is 16.9 Å². The summed E-state index contributed by atoms with van der Waals surface area (Å²) in [6.07, 6.45) is 2.85. The minimum Gasteiger partial charge on any atom is -0.313 e. The fourth-order valence-electron chi connectivity index (χ4n) is 1.97. The number of aromatic nitrogens is 3. The Bertz CT molecular complexity index is 543. The third-order valence-corrected chi connectivity index (χ3v) is 4.24. The normalized spacial score (nSPS) is 12.6. The highest BCUT2D eigenvalue weighted by molar-refractivity contribution is 7.99. The van der Waals surface area contributed by atoms with E-state index in [1.165, 1.54) is 4.90 Å². The number of hydrogen-bond donors (Lipinski definition) is 1. The van der Waals surface area contributed by atoms with Gasteiger partial charge >= 0.3 is 0 Å². The van der Waals surface area contributed by atoms with Gasteiger partial charge in [-0.1, -0.05) is 29.8 Å². The maximum Gasteiger partial charge on any atom is 0.0842 e. The topological polar surface area (TPSA) is 42.7 Å². The summed E-state index contributed by atoms with van der Waals surface area (Å²) in [5.74, 6) is 0.977. The van der Waals surface area contributed by atoms with Gasteiger partial charge in [0.1, 0.15) is 0 Å². The van der Waals surface area contributed by atoms with Crippen molar-refractivity contribution in [1.29, 1.82) is 0 Å². The largest absolute Gasteiger partial charge is 0.313 e. The highest BCUT2D eigenvalue weighted by Gasteiger charge is 2.11. The van der Waals surface area contributed by atoms with Gasteiger partial charge in [0.25, 0.3) is 0 Å². The van der Waals surface area contributed by atoms with E-state index >= 15 is 0 Å². The predicted molar refractivity (Wildman–Crippen MR) is 84.3 cm³/mol. The lowest BCUT2D eigenvalue weighted by Crippen LogP contribution is -2.33. The van der Waals surface area contributed by atoms with Crippen LogP contribution in [0.1, 0.15) is 12.6 Å². The van der Waals surface area contributed by atoms with Crippen molar-refractivity contribution >= 4 is 23.4 Å². The van der Waals surface area contributed by atoms with Gasteiger partial charge in [0, 0.05) is 41.4 Å². The lowest BCUT2D eigenvalue weighted by atomic mass is 10.2. The summed E-state index contributed by atoms with van der Waals surface area (Å²) in [5, 5.41) is 12.4. The maximum atomic E-state index is 6.00. The number of hydrogen-bond acceptors (Lipinski definition) is 4. The molecule has 0 saturated heterocycles. The first-order chi connectivity index (χ1) is 9.67. The summed E-state index contributed by atoms with van der Waals surface area (Å²) in [5.41, 5.74) is 1.02. The molecule has 4 nitrogen and oxygen atoms in total. The van der Waals surface area contributed by atoms with E-state index in [-0.39, 0.29) is 0 Å². The molecule has 1 aromatic heterocycles. The van der Waals surface area contributed by atoms with E-state index < -0.39 is 0 Å². The molecule has 1 atom stereocenters. The molecule has 2 aromatic rings. The average molecular weight is 311 g/mol. The second-order valence-electron chi connectivity index (χ2n) is 4.61. The van der Waals surface area contributed by atoms with Crippen molar-refractivity contribution < 1.29 is 0 Å². The number of aryl methyl sites for hydroxylation is 1. The van der Waals surface area contributed by atoms with Crippen LogP contribution in [0.15, 0.2) is 35.4 Å². The summed E-state index contributed by atoms with van der Waals surface area (Å²) in [6, 6.07) is 8.34. The van der Waals surface area contributed by atoms with Crippen LogP contribution in [0.2, 0.25) is 5.02 Å². The Hall–Kier alpha value is -1.04. The van der Waals surface area contributed by atoms with Crippen molar-refractivity contribution in [3.05, 3.63) is 41.2 Å². The Morgan fingerprint density at radius 1 is 1.45 bits per heavy atom. The Labute approximate surface area is 128 Å². The van der Waals surface area contributed by atoms with Gasteiger partial charge < -0.3 is 5.32 Å². The first kappa shape index (κ1) is 15.4. The lowest BCUT2D eigenvalue weighted by molar-refractivity contribution is 0.566. The fraction of sp³-hybridized carbons (Fsp3) is 0.429. The quantitative estimate of drug-likeness (QED) is 0.799. The second kappa shape index (κ2) is 7.67. The van der Waals surface area contributed by atoms with Crippen molar-refractivity contribution in [3.63, 3.8) is 0 Å². The predicted octanol–water partition coefficient (Wildman–Crippen LogP) is 2.78. The summed E-state index contributed by atoms with van der Waals surface area (Å²) in [7, 11) is 1.89. The molecule has 1 unspecified atom stereocenters. The Balaban J connectivity index is 1.91. The van der Waals surface area contributed by atoms with E-state index in [2.05, 4.69) is 28.6 Å². The van der Waals surface area contributed by atoms with Gasteiger partial charge in [0.2, 0.25) is 0 Å². The number of halogens is 1. The molecule has 0 aliphatic rings. The highest BCUT2D eigenvalue weighted by Crippen LogP contribution is 2.22. The van der Waals surface area contributed by atoms with Crippen molar-refractivity contribution in [2.45, 2.75) is 24.3 Å². The molecule has 0 aliphatic heterocycles. The lowest BCUT2D eigenvalue weighted by Gasteiger charge is -2.16. The molecule has 20 heavy (non-hydrogen) atoms. The van der Waals surface area contributed by atoms with Crippen molar-refractivity contribution in [3.8, 4) is 0 Å². The number of nitrogens with zero attached hydrogens (tertiary/aromatic N) is 3. The Morgan fingerprint density at radius 3 is 2.95 bits per heavy atom. The summed E-state index contributed by atoms with van der Waals surface area (Å²) in [6.45, 7) is 3.06. The molecule has 0 saturated carbocycles. The number of benzene rings is 1. The first-order valence-electron chi connectivity index (χ1n) is 6.64. The number of likely N-dealkylation sites (N-methyl/N-ethyl adjacent to an activating group) is 1. The standard InChI is InChI=1S/C14H19ClN4S/c1-3-16-13(8-12-9-19(2)18-17-12)10-20-14-6-4-5-11(15)7-14/h4-7,9,13,16H,3,8,10H2,1-2H3. The summed E-state index contributed by atoms with van der Waals surface area (Å²) >= 11 is 7.81. The average Bonchev–Trinajstić information content (AvgIpc) is 2.82. The molecule has 2 rings (SSSR count). The fourth-order valence-corrected chi connectivity index (χ4v) is 3.24. The third kappa shape index (κ3) is 4.81. The number of rotatable bonds is 7. The number of nitrogens with one attached hydrogen (secondary N) is 1. The molecular weight excluding hydrogens is 292 g/mol. The zero-order chi connectivity index (χ0) is 14.4.